The molecule has 3 atom stereocenters. The Hall–Kier alpha value is -3.25. The van der Waals surface area contributed by atoms with Crippen LogP contribution in [0.4, 0.5) is 0 Å². The third kappa shape index (κ3) is 5.00. The SMILES string of the molecule is CCC(C)OC(=O)C1=C(C)NC2=C(C(=O)CC(c3ccc(OC)c(OC)c3)C2)C1c1ccc(Cl)cc1. The zero-order valence-electron chi connectivity index (χ0n) is 21.3. The third-order valence-corrected chi connectivity index (χ3v) is 7.26. The molecule has 4 rings (SSSR count). The Morgan fingerprint density at radius 1 is 1.06 bits per heavy atom. The molecule has 0 fully saturated rings. The van der Waals surface area contributed by atoms with E-state index in [1.165, 1.54) is 0 Å². The molecular formula is C29H32ClNO5. The first-order chi connectivity index (χ1) is 17.3. The number of Topliss-reactive ketones (excluding diaryl/α,β-unsaturated/α-hetero) is 1. The highest BCUT2D eigenvalue weighted by molar-refractivity contribution is 6.30. The Labute approximate surface area is 217 Å². The second-order valence-corrected chi connectivity index (χ2v) is 9.74. The fourth-order valence-corrected chi connectivity index (χ4v) is 5.10. The molecule has 1 aliphatic heterocycles. The molecule has 2 aromatic rings. The van der Waals surface area contributed by atoms with E-state index >= 15 is 0 Å². The number of ketones is 1. The largest absolute Gasteiger partial charge is 0.493 e. The summed E-state index contributed by atoms with van der Waals surface area (Å²) in [4.78, 5) is 27.1. The molecule has 1 N–H and O–H groups in total. The number of methoxy groups -OCH3 is 2. The molecule has 0 bridgehead atoms. The van der Waals surface area contributed by atoms with E-state index in [0.29, 0.717) is 52.6 Å². The lowest BCUT2D eigenvalue weighted by Gasteiger charge is -2.37. The van der Waals surface area contributed by atoms with Crippen LogP contribution < -0.4 is 14.8 Å². The second kappa shape index (κ2) is 10.8. The van der Waals surface area contributed by atoms with Crippen LogP contribution in [0.3, 0.4) is 0 Å². The molecule has 1 aliphatic carbocycles. The summed E-state index contributed by atoms with van der Waals surface area (Å²) in [5.74, 6) is 0.319. The maximum Gasteiger partial charge on any atom is 0.337 e. The number of ether oxygens (including phenoxy) is 3. The van der Waals surface area contributed by atoms with E-state index in [2.05, 4.69) is 5.32 Å². The van der Waals surface area contributed by atoms with E-state index in [9.17, 15) is 9.59 Å². The molecule has 0 aromatic heterocycles. The Morgan fingerprint density at radius 2 is 1.72 bits per heavy atom. The summed E-state index contributed by atoms with van der Waals surface area (Å²) < 4.78 is 16.6. The van der Waals surface area contributed by atoms with Gasteiger partial charge in [0.05, 0.1) is 25.9 Å². The van der Waals surface area contributed by atoms with E-state index in [1.54, 1.807) is 26.4 Å². The lowest BCUT2D eigenvalue weighted by atomic mass is 9.71. The average Bonchev–Trinajstić information content (AvgIpc) is 2.87. The van der Waals surface area contributed by atoms with Gasteiger partial charge in [0.2, 0.25) is 0 Å². The summed E-state index contributed by atoms with van der Waals surface area (Å²) in [7, 11) is 3.20. The van der Waals surface area contributed by atoms with E-state index in [-0.39, 0.29) is 17.8 Å². The van der Waals surface area contributed by atoms with Crippen molar-refractivity contribution >= 4 is 23.4 Å². The van der Waals surface area contributed by atoms with Crippen LogP contribution in [0, 0.1) is 0 Å². The first-order valence-electron chi connectivity index (χ1n) is 12.2. The molecule has 0 saturated heterocycles. The van der Waals surface area contributed by atoms with Gasteiger partial charge in [0.25, 0.3) is 0 Å². The Morgan fingerprint density at radius 3 is 2.36 bits per heavy atom. The number of benzene rings is 2. The van der Waals surface area contributed by atoms with Gasteiger partial charge in [-0.05, 0) is 68.0 Å². The lowest BCUT2D eigenvalue weighted by molar-refractivity contribution is -0.144. The number of dihydropyridines is 1. The van der Waals surface area contributed by atoms with E-state index in [4.69, 9.17) is 25.8 Å². The number of hydrogen-bond donors (Lipinski definition) is 1. The van der Waals surface area contributed by atoms with Gasteiger partial charge in [0, 0.05) is 34.3 Å². The number of halogens is 1. The van der Waals surface area contributed by atoms with E-state index in [1.807, 2.05) is 51.1 Å². The average molecular weight is 510 g/mol. The number of allylic oxidation sites excluding steroid dienone is 3. The highest BCUT2D eigenvalue weighted by Gasteiger charge is 2.41. The predicted molar refractivity (Wildman–Crippen MR) is 139 cm³/mol. The predicted octanol–water partition coefficient (Wildman–Crippen LogP) is 6.06. The number of hydrogen-bond acceptors (Lipinski definition) is 6. The van der Waals surface area contributed by atoms with Crippen LogP contribution in [0.5, 0.6) is 11.5 Å². The van der Waals surface area contributed by atoms with Crippen LogP contribution in [-0.4, -0.2) is 32.1 Å². The van der Waals surface area contributed by atoms with Gasteiger partial charge in [-0.2, -0.15) is 0 Å². The molecule has 2 aromatic carbocycles. The Balaban J connectivity index is 1.76. The molecule has 0 spiro atoms. The number of rotatable bonds is 7. The molecule has 2 aliphatic rings. The van der Waals surface area contributed by atoms with E-state index in [0.717, 1.165) is 16.8 Å². The van der Waals surface area contributed by atoms with Crippen LogP contribution in [0.15, 0.2) is 65.0 Å². The first kappa shape index (κ1) is 25.8. The molecule has 0 amide bonds. The molecule has 36 heavy (non-hydrogen) atoms. The van der Waals surface area contributed by atoms with Crippen molar-refractivity contribution in [3.8, 4) is 11.5 Å². The Kier molecular flexibility index (Phi) is 7.74. The van der Waals surface area contributed by atoms with Crippen LogP contribution in [-0.2, 0) is 14.3 Å². The zero-order chi connectivity index (χ0) is 26.0. The summed E-state index contributed by atoms with van der Waals surface area (Å²) in [5.41, 5.74) is 4.46. The van der Waals surface area contributed by atoms with Crippen LogP contribution >= 0.6 is 11.6 Å². The quantitative estimate of drug-likeness (QED) is 0.457. The van der Waals surface area contributed by atoms with Crippen molar-refractivity contribution in [2.75, 3.05) is 14.2 Å². The van der Waals surface area contributed by atoms with Crippen molar-refractivity contribution < 1.29 is 23.8 Å². The lowest BCUT2D eigenvalue weighted by Crippen LogP contribution is -2.36. The van der Waals surface area contributed by atoms with Crippen molar-refractivity contribution in [1.29, 1.82) is 0 Å². The highest BCUT2D eigenvalue weighted by atomic mass is 35.5. The zero-order valence-corrected chi connectivity index (χ0v) is 22.1. The number of carbonyl (C=O) groups is 2. The Bertz CT molecular complexity index is 1230. The topological polar surface area (TPSA) is 73.9 Å². The van der Waals surface area contributed by atoms with Crippen molar-refractivity contribution in [3.63, 3.8) is 0 Å². The van der Waals surface area contributed by atoms with Gasteiger partial charge in [-0.1, -0.05) is 36.7 Å². The number of esters is 1. The number of carbonyl (C=O) groups excluding carboxylic acids is 2. The molecule has 0 saturated carbocycles. The molecule has 1 heterocycles. The number of nitrogens with one attached hydrogen (secondary N) is 1. The van der Waals surface area contributed by atoms with Crippen LogP contribution in [0.2, 0.25) is 5.02 Å². The molecule has 3 unspecified atom stereocenters. The van der Waals surface area contributed by atoms with Crippen LogP contribution in [0.1, 0.15) is 63.0 Å². The fourth-order valence-electron chi connectivity index (χ4n) is 4.97. The van der Waals surface area contributed by atoms with Crippen molar-refractivity contribution in [3.05, 3.63) is 81.2 Å². The van der Waals surface area contributed by atoms with Crippen LogP contribution in [0.25, 0.3) is 0 Å². The minimum atomic E-state index is -0.520. The second-order valence-electron chi connectivity index (χ2n) is 9.31. The van der Waals surface area contributed by atoms with Crippen molar-refractivity contribution in [2.45, 2.75) is 58.0 Å². The first-order valence-corrected chi connectivity index (χ1v) is 12.6. The van der Waals surface area contributed by atoms with Gasteiger partial charge < -0.3 is 19.5 Å². The van der Waals surface area contributed by atoms with Gasteiger partial charge in [0.15, 0.2) is 17.3 Å². The maximum atomic E-state index is 13.7. The van der Waals surface area contributed by atoms with Gasteiger partial charge in [-0.3, -0.25) is 4.79 Å². The minimum absolute atomic E-state index is 0.00447. The van der Waals surface area contributed by atoms with Gasteiger partial charge in [-0.25, -0.2) is 4.79 Å². The summed E-state index contributed by atoms with van der Waals surface area (Å²) in [5, 5.41) is 3.98. The molecule has 6 nitrogen and oxygen atoms in total. The fraction of sp³-hybridized carbons (Fsp3) is 0.379. The summed E-state index contributed by atoms with van der Waals surface area (Å²) in [6.07, 6.45) is 1.44. The van der Waals surface area contributed by atoms with Crippen molar-refractivity contribution in [1.82, 2.24) is 5.32 Å². The van der Waals surface area contributed by atoms with Gasteiger partial charge >= 0.3 is 5.97 Å². The molecule has 0 radical (unpaired) electrons. The maximum absolute atomic E-state index is 13.7. The molecule has 190 valence electrons. The smallest absolute Gasteiger partial charge is 0.337 e. The third-order valence-electron chi connectivity index (χ3n) is 7.01. The summed E-state index contributed by atoms with van der Waals surface area (Å²) >= 11 is 6.15. The summed E-state index contributed by atoms with van der Waals surface area (Å²) in [6.45, 7) is 5.70. The molecular weight excluding hydrogens is 478 g/mol. The summed E-state index contributed by atoms with van der Waals surface area (Å²) in [6, 6.07) is 13.1. The molecule has 7 heteroatoms. The van der Waals surface area contributed by atoms with Crippen molar-refractivity contribution in [2.24, 2.45) is 0 Å². The monoisotopic (exact) mass is 509 g/mol. The van der Waals surface area contributed by atoms with Gasteiger partial charge in [0.1, 0.15) is 0 Å². The van der Waals surface area contributed by atoms with Gasteiger partial charge in [-0.15, -0.1) is 0 Å². The highest BCUT2D eigenvalue weighted by Crippen LogP contribution is 2.46. The standard InChI is InChI=1S/C29H32ClNO5/c1-6-16(2)36-29(33)26-17(3)31-22-13-20(19-9-12-24(34-4)25(15-19)35-5)14-23(32)28(22)27(26)18-7-10-21(30)11-8-18/h7-12,15-16,20,27,31H,6,13-14H2,1-5H3. The minimum Gasteiger partial charge on any atom is -0.493 e. The normalized spacial score (nSPS) is 20.4. The van der Waals surface area contributed by atoms with E-state index < -0.39 is 11.9 Å².